The van der Waals surface area contributed by atoms with E-state index in [2.05, 4.69) is 20.9 Å². The maximum absolute atomic E-state index is 12.4. The number of carbonyl (C=O) groups is 1. The van der Waals surface area contributed by atoms with Gasteiger partial charge in [0.1, 0.15) is 0 Å². The number of nitrogen functional groups attached to an aromatic ring is 1. The Labute approximate surface area is 120 Å². The summed E-state index contributed by atoms with van der Waals surface area (Å²) in [5.74, 6) is -0.109. The third-order valence-electron chi connectivity index (χ3n) is 2.78. The number of hydrogen-bond donors (Lipinski definition) is 1. The minimum atomic E-state index is -0.109. The highest BCUT2D eigenvalue weighted by Gasteiger charge is 2.16. The summed E-state index contributed by atoms with van der Waals surface area (Å²) in [6.45, 7) is 1.95. The average molecular weight is 320 g/mol. The fourth-order valence-corrected chi connectivity index (χ4v) is 2.48. The van der Waals surface area contributed by atoms with Crippen molar-refractivity contribution in [1.29, 1.82) is 0 Å². The van der Waals surface area contributed by atoms with Crippen LogP contribution in [0.1, 0.15) is 15.9 Å². The zero-order valence-corrected chi connectivity index (χ0v) is 12.3. The van der Waals surface area contributed by atoms with Gasteiger partial charge in [0.05, 0.1) is 17.6 Å². The number of aryl methyl sites for hydroxylation is 1. The van der Waals surface area contributed by atoms with Crippen molar-refractivity contribution in [2.45, 2.75) is 6.92 Å². The Morgan fingerprint density at radius 2 is 2.11 bits per heavy atom. The van der Waals surface area contributed by atoms with Crippen molar-refractivity contribution in [2.75, 3.05) is 17.7 Å². The van der Waals surface area contributed by atoms with Crippen LogP contribution in [0.5, 0.6) is 0 Å². The van der Waals surface area contributed by atoms with Crippen LogP contribution in [0.2, 0.25) is 0 Å². The highest BCUT2D eigenvalue weighted by molar-refractivity contribution is 9.10. The van der Waals surface area contributed by atoms with E-state index in [0.29, 0.717) is 16.9 Å². The second-order valence-electron chi connectivity index (χ2n) is 4.32. The highest BCUT2D eigenvalue weighted by Crippen LogP contribution is 2.23. The van der Waals surface area contributed by atoms with Crippen LogP contribution in [-0.4, -0.2) is 17.9 Å². The van der Waals surface area contributed by atoms with Gasteiger partial charge in [-0.3, -0.25) is 9.78 Å². The molecule has 0 atom stereocenters. The van der Waals surface area contributed by atoms with Crippen LogP contribution < -0.4 is 10.6 Å². The number of anilines is 2. The van der Waals surface area contributed by atoms with Crippen molar-refractivity contribution in [3.8, 4) is 0 Å². The van der Waals surface area contributed by atoms with E-state index in [0.717, 1.165) is 10.0 Å². The molecule has 0 fully saturated rings. The molecule has 0 aliphatic rings. The van der Waals surface area contributed by atoms with Crippen LogP contribution in [0.4, 0.5) is 11.4 Å². The Kier molecular flexibility index (Phi) is 3.85. The first-order chi connectivity index (χ1) is 8.99. The van der Waals surface area contributed by atoms with E-state index >= 15 is 0 Å². The monoisotopic (exact) mass is 319 g/mol. The molecule has 1 aromatic carbocycles. The first kappa shape index (κ1) is 13.5. The molecule has 2 rings (SSSR count). The Balaban J connectivity index is 2.36. The number of benzene rings is 1. The van der Waals surface area contributed by atoms with Crippen LogP contribution in [0.25, 0.3) is 0 Å². The third kappa shape index (κ3) is 2.93. The average Bonchev–Trinajstić information content (AvgIpc) is 2.36. The first-order valence-electron chi connectivity index (χ1n) is 5.74. The lowest BCUT2D eigenvalue weighted by atomic mass is 10.1. The molecule has 4 nitrogen and oxygen atoms in total. The fraction of sp³-hybridized carbons (Fsp3) is 0.143. The quantitative estimate of drug-likeness (QED) is 0.925. The van der Waals surface area contributed by atoms with Gasteiger partial charge in [-0.15, -0.1) is 0 Å². The smallest absolute Gasteiger partial charge is 0.258 e. The lowest BCUT2D eigenvalue weighted by Gasteiger charge is -2.19. The van der Waals surface area contributed by atoms with Crippen LogP contribution in [-0.2, 0) is 0 Å². The Bertz CT molecular complexity index is 608. The fourth-order valence-electron chi connectivity index (χ4n) is 1.87. The Morgan fingerprint density at radius 1 is 1.37 bits per heavy atom. The third-order valence-corrected chi connectivity index (χ3v) is 3.24. The van der Waals surface area contributed by atoms with Crippen molar-refractivity contribution in [3.63, 3.8) is 0 Å². The van der Waals surface area contributed by atoms with E-state index in [4.69, 9.17) is 5.73 Å². The maximum Gasteiger partial charge on any atom is 0.258 e. The number of halogens is 1. The van der Waals surface area contributed by atoms with Gasteiger partial charge in [0.15, 0.2) is 0 Å². The molecule has 0 bridgehead atoms. The summed E-state index contributed by atoms with van der Waals surface area (Å²) < 4.78 is 0.881. The standard InChI is InChI=1S/C14H14BrN3O/c1-9-5-10(7-11(15)6-9)14(19)18(2)13-3-4-17-8-12(13)16/h3-8H,16H2,1-2H3. The molecule has 1 heterocycles. The van der Waals surface area contributed by atoms with Crippen molar-refractivity contribution < 1.29 is 4.79 Å². The number of nitrogens with zero attached hydrogens (tertiary/aromatic N) is 2. The molecular formula is C14H14BrN3O. The van der Waals surface area contributed by atoms with Crippen molar-refractivity contribution in [3.05, 3.63) is 52.3 Å². The maximum atomic E-state index is 12.4. The van der Waals surface area contributed by atoms with E-state index in [9.17, 15) is 4.79 Å². The number of aromatic nitrogens is 1. The molecule has 5 heteroatoms. The Morgan fingerprint density at radius 3 is 2.74 bits per heavy atom. The zero-order chi connectivity index (χ0) is 14.0. The molecule has 0 saturated carbocycles. The van der Waals surface area contributed by atoms with E-state index in [1.165, 1.54) is 11.1 Å². The van der Waals surface area contributed by atoms with Crippen LogP contribution >= 0.6 is 15.9 Å². The molecule has 0 radical (unpaired) electrons. The molecule has 2 aromatic rings. The number of hydrogen-bond acceptors (Lipinski definition) is 3. The summed E-state index contributed by atoms with van der Waals surface area (Å²) in [6, 6.07) is 7.32. The first-order valence-corrected chi connectivity index (χ1v) is 6.53. The van der Waals surface area contributed by atoms with E-state index < -0.39 is 0 Å². The minimum Gasteiger partial charge on any atom is -0.396 e. The summed E-state index contributed by atoms with van der Waals surface area (Å²) in [4.78, 5) is 17.9. The number of amides is 1. The summed E-state index contributed by atoms with van der Waals surface area (Å²) in [6.07, 6.45) is 3.15. The molecule has 0 aliphatic carbocycles. The number of nitrogens with two attached hydrogens (primary N) is 1. The minimum absolute atomic E-state index is 0.109. The van der Waals surface area contributed by atoms with Crippen LogP contribution in [0, 0.1) is 6.92 Å². The molecular weight excluding hydrogens is 306 g/mol. The van der Waals surface area contributed by atoms with Gasteiger partial charge in [0.25, 0.3) is 5.91 Å². The molecule has 0 unspecified atom stereocenters. The summed E-state index contributed by atoms with van der Waals surface area (Å²) >= 11 is 3.40. The van der Waals surface area contributed by atoms with Gasteiger partial charge in [-0.2, -0.15) is 0 Å². The summed E-state index contributed by atoms with van der Waals surface area (Å²) in [5.41, 5.74) is 8.60. The predicted octanol–water partition coefficient (Wildman–Crippen LogP) is 3.01. The van der Waals surface area contributed by atoms with Crippen molar-refractivity contribution in [1.82, 2.24) is 4.98 Å². The highest BCUT2D eigenvalue weighted by atomic mass is 79.9. The lowest BCUT2D eigenvalue weighted by molar-refractivity contribution is 0.0993. The lowest BCUT2D eigenvalue weighted by Crippen LogP contribution is -2.27. The molecule has 98 valence electrons. The molecule has 2 N–H and O–H groups in total. The van der Waals surface area contributed by atoms with Crippen molar-refractivity contribution >= 4 is 33.2 Å². The van der Waals surface area contributed by atoms with Gasteiger partial charge in [0, 0.05) is 23.3 Å². The summed E-state index contributed by atoms with van der Waals surface area (Å²) in [7, 11) is 1.70. The van der Waals surface area contributed by atoms with Crippen LogP contribution in [0.15, 0.2) is 41.1 Å². The van der Waals surface area contributed by atoms with Gasteiger partial charge in [-0.25, -0.2) is 0 Å². The second kappa shape index (κ2) is 5.40. The number of rotatable bonds is 2. The van der Waals surface area contributed by atoms with E-state index in [1.807, 2.05) is 19.1 Å². The largest absolute Gasteiger partial charge is 0.396 e. The number of pyridine rings is 1. The van der Waals surface area contributed by atoms with Gasteiger partial charge >= 0.3 is 0 Å². The van der Waals surface area contributed by atoms with Crippen molar-refractivity contribution in [2.24, 2.45) is 0 Å². The van der Waals surface area contributed by atoms with Gasteiger partial charge in [-0.05, 0) is 36.8 Å². The van der Waals surface area contributed by atoms with Gasteiger partial charge in [-0.1, -0.05) is 15.9 Å². The Hall–Kier alpha value is -1.88. The molecule has 1 aromatic heterocycles. The predicted molar refractivity (Wildman–Crippen MR) is 80.3 cm³/mol. The summed E-state index contributed by atoms with van der Waals surface area (Å²) in [5, 5.41) is 0. The molecule has 0 saturated heterocycles. The van der Waals surface area contributed by atoms with E-state index in [-0.39, 0.29) is 5.91 Å². The molecule has 19 heavy (non-hydrogen) atoms. The van der Waals surface area contributed by atoms with Gasteiger partial charge in [0.2, 0.25) is 0 Å². The van der Waals surface area contributed by atoms with Gasteiger partial charge < -0.3 is 10.6 Å². The number of carbonyl (C=O) groups excluding carboxylic acids is 1. The van der Waals surface area contributed by atoms with Crippen LogP contribution in [0.3, 0.4) is 0 Å². The molecule has 0 spiro atoms. The normalized spacial score (nSPS) is 10.3. The second-order valence-corrected chi connectivity index (χ2v) is 5.23. The zero-order valence-electron chi connectivity index (χ0n) is 10.7. The topological polar surface area (TPSA) is 59.2 Å². The molecule has 1 amide bonds. The SMILES string of the molecule is Cc1cc(Br)cc(C(=O)N(C)c2ccncc2N)c1. The van der Waals surface area contributed by atoms with E-state index in [1.54, 1.807) is 25.4 Å². The molecule has 0 aliphatic heterocycles.